The monoisotopic (exact) mass is 337 g/mol. The van der Waals surface area contributed by atoms with Crippen molar-refractivity contribution in [3.8, 4) is 11.5 Å². The van der Waals surface area contributed by atoms with Crippen molar-refractivity contribution in [1.29, 1.82) is 0 Å². The molecule has 1 N–H and O–H groups in total. The maximum atomic E-state index is 12.0. The van der Waals surface area contributed by atoms with Crippen molar-refractivity contribution in [2.24, 2.45) is 0 Å². The van der Waals surface area contributed by atoms with Crippen LogP contribution in [0.3, 0.4) is 0 Å². The van der Waals surface area contributed by atoms with Gasteiger partial charge in [-0.05, 0) is 42.2 Å². The van der Waals surface area contributed by atoms with Gasteiger partial charge in [-0.1, -0.05) is 6.07 Å². The van der Waals surface area contributed by atoms with Crippen LogP contribution in [-0.4, -0.2) is 43.8 Å². The van der Waals surface area contributed by atoms with Crippen molar-refractivity contribution in [3.05, 3.63) is 29.8 Å². The third-order valence-corrected chi connectivity index (χ3v) is 3.88. The van der Waals surface area contributed by atoms with Gasteiger partial charge in [-0.15, -0.1) is 0 Å². The van der Waals surface area contributed by atoms with Crippen LogP contribution in [0.5, 0.6) is 11.5 Å². The molecule has 0 radical (unpaired) electrons. The third-order valence-electron chi connectivity index (χ3n) is 3.24. The Hall–Kier alpha value is -2.15. The summed E-state index contributed by atoms with van der Waals surface area (Å²) in [6.45, 7) is 0.208. The number of methoxy groups -OCH3 is 1. The Morgan fingerprint density at radius 1 is 1.39 bits per heavy atom. The molecule has 0 saturated heterocycles. The molecule has 7 heteroatoms. The molecule has 1 atom stereocenters. The van der Waals surface area contributed by atoms with Gasteiger partial charge in [0.25, 0.3) is 0 Å². The van der Waals surface area contributed by atoms with Gasteiger partial charge in [-0.25, -0.2) is 4.79 Å². The molecule has 0 spiro atoms. The van der Waals surface area contributed by atoms with Gasteiger partial charge in [0.05, 0.1) is 7.11 Å². The molecule has 124 valence electrons. The Morgan fingerprint density at radius 3 is 2.91 bits per heavy atom. The second kappa shape index (κ2) is 8.47. The number of carbonyl (C=O) groups is 2. The van der Waals surface area contributed by atoms with Crippen LogP contribution in [0.15, 0.2) is 24.3 Å². The molecule has 1 amide bonds. The van der Waals surface area contributed by atoms with Crippen LogP contribution in [0.2, 0.25) is 0 Å². The highest BCUT2D eigenvalue weighted by atomic mass is 32.2. The normalized spacial score (nSPS) is 13.8. The van der Waals surface area contributed by atoms with Crippen molar-refractivity contribution in [2.45, 2.75) is 12.5 Å². The maximum Gasteiger partial charge on any atom is 0.328 e. The third kappa shape index (κ3) is 4.92. The molecule has 1 heterocycles. The Bertz CT molecular complexity index is 602. The summed E-state index contributed by atoms with van der Waals surface area (Å²) in [4.78, 5) is 23.6. The zero-order chi connectivity index (χ0) is 16.7. The van der Waals surface area contributed by atoms with Crippen LogP contribution >= 0.6 is 11.8 Å². The summed E-state index contributed by atoms with van der Waals surface area (Å²) >= 11 is 1.60. The van der Waals surface area contributed by atoms with E-state index in [4.69, 9.17) is 14.2 Å². The fourth-order valence-corrected chi connectivity index (χ4v) is 2.51. The molecule has 1 aliphatic rings. The Balaban J connectivity index is 1.95. The molecular weight excluding hydrogens is 318 g/mol. The smallest absolute Gasteiger partial charge is 0.328 e. The second-order valence-electron chi connectivity index (χ2n) is 4.81. The number of thioether (sulfide) groups is 1. The predicted octanol–water partition coefficient (Wildman–Crippen LogP) is 1.84. The van der Waals surface area contributed by atoms with E-state index in [1.807, 2.05) is 12.3 Å². The van der Waals surface area contributed by atoms with Gasteiger partial charge in [-0.2, -0.15) is 11.8 Å². The summed E-state index contributed by atoms with van der Waals surface area (Å²) in [7, 11) is 1.31. The van der Waals surface area contributed by atoms with E-state index in [9.17, 15) is 9.59 Å². The van der Waals surface area contributed by atoms with E-state index in [0.29, 0.717) is 17.9 Å². The zero-order valence-corrected chi connectivity index (χ0v) is 13.9. The highest BCUT2D eigenvalue weighted by Crippen LogP contribution is 2.32. The van der Waals surface area contributed by atoms with E-state index in [1.54, 1.807) is 30.0 Å². The molecule has 1 aliphatic heterocycles. The Kier molecular flexibility index (Phi) is 6.34. The second-order valence-corrected chi connectivity index (χ2v) is 5.80. The zero-order valence-electron chi connectivity index (χ0n) is 13.0. The van der Waals surface area contributed by atoms with Crippen LogP contribution < -0.4 is 14.8 Å². The average molecular weight is 337 g/mol. The molecule has 0 aliphatic carbocycles. The largest absolute Gasteiger partial charge is 0.467 e. The number of ether oxygens (including phenoxy) is 3. The number of carbonyl (C=O) groups excluding carboxylic acids is 2. The molecule has 0 bridgehead atoms. The van der Waals surface area contributed by atoms with E-state index < -0.39 is 12.0 Å². The van der Waals surface area contributed by atoms with Gasteiger partial charge in [0, 0.05) is 6.08 Å². The number of hydrogen-bond donors (Lipinski definition) is 1. The first-order valence-electron chi connectivity index (χ1n) is 7.09. The molecule has 0 aromatic heterocycles. The molecule has 0 fully saturated rings. The minimum Gasteiger partial charge on any atom is -0.467 e. The lowest BCUT2D eigenvalue weighted by atomic mass is 10.2. The number of rotatable bonds is 7. The topological polar surface area (TPSA) is 73.9 Å². The summed E-state index contributed by atoms with van der Waals surface area (Å²) in [5.41, 5.74) is 0.808. The van der Waals surface area contributed by atoms with E-state index in [0.717, 1.165) is 11.3 Å². The van der Waals surface area contributed by atoms with Gasteiger partial charge in [0.15, 0.2) is 11.5 Å². The Morgan fingerprint density at radius 2 is 2.17 bits per heavy atom. The van der Waals surface area contributed by atoms with Gasteiger partial charge < -0.3 is 19.5 Å². The van der Waals surface area contributed by atoms with Gasteiger partial charge in [-0.3, -0.25) is 4.79 Å². The lowest BCUT2D eigenvalue weighted by Crippen LogP contribution is -2.41. The predicted molar refractivity (Wildman–Crippen MR) is 88.5 cm³/mol. The highest BCUT2D eigenvalue weighted by molar-refractivity contribution is 7.98. The lowest BCUT2D eigenvalue weighted by Gasteiger charge is -2.14. The molecule has 23 heavy (non-hydrogen) atoms. The molecule has 1 aromatic carbocycles. The fraction of sp³-hybridized carbons (Fsp3) is 0.375. The standard InChI is InChI=1S/C16H19NO5S/c1-20-16(19)12(7-8-23-2)17-15(18)6-4-11-3-5-13-14(9-11)22-10-21-13/h3-6,9,12H,7-8,10H2,1-2H3,(H,17,18)/b6-4+/t12-/m0/s1. The summed E-state index contributed by atoms with van der Waals surface area (Å²) in [5.74, 6) is 1.31. The highest BCUT2D eigenvalue weighted by Gasteiger charge is 2.20. The molecule has 0 unspecified atom stereocenters. The van der Waals surface area contributed by atoms with Gasteiger partial charge in [0.1, 0.15) is 6.04 Å². The Labute approximate surface area is 139 Å². The number of amides is 1. The van der Waals surface area contributed by atoms with Crippen LogP contribution in [0, 0.1) is 0 Å². The molecular formula is C16H19NO5S. The van der Waals surface area contributed by atoms with Crippen molar-refractivity contribution in [1.82, 2.24) is 5.32 Å². The van der Waals surface area contributed by atoms with Crippen LogP contribution in [-0.2, 0) is 14.3 Å². The SMILES string of the molecule is COC(=O)[C@H](CCSC)NC(=O)/C=C/c1ccc2c(c1)OCO2. The molecule has 6 nitrogen and oxygen atoms in total. The van der Waals surface area contributed by atoms with Crippen LogP contribution in [0.1, 0.15) is 12.0 Å². The van der Waals surface area contributed by atoms with Gasteiger partial charge >= 0.3 is 5.97 Å². The quantitative estimate of drug-likeness (QED) is 0.604. The lowest BCUT2D eigenvalue weighted by molar-refractivity contribution is -0.144. The number of esters is 1. The summed E-state index contributed by atoms with van der Waals surface area (Å²) in [5, 5.41) is 2.66. The first-order valence-corrected chi connectivity index (χ1v) is 8.48. The number of nitrogens with one attached hydrogen (secondary N) is 1. The van der Waals surface area contributed by atoms with Crippen molar-refractivity contribution in [3.63, 3.8) is 0 Å². The first kappa shape index (κ1) is 17.2. The number of hydrogen-bond acceptors (Lipinski definition) is 6. The minimum atomic E-state index is -0.638. The maximum absolute atomic E-state index is 12.0. The van der Waals surface area contributed by atoms with Crippen LogP contribution in [0.25, 0.3) is 6.08 Å². The number of benzene rings is 1. The molecule has 0 saturated carbocycles. The van der Waals surface area contributed by atoms with Crippen molar-refractivity contribution in [2.75, 3.05) is 25.9 Å². The average Bonchev–Trinajstić information content (AvgIpc) is 3.03. The summed E-state index contributed by atoms with van der Waals surface area (Å²) < 4.78 is 15.2. The van der Waals surface area contributed by atoms with Crippen LogP contribution in [0.4, 0.5) is 0 Å². The van der Waals surface area contributed by atoms with Gasteiger partial charge in [0.2, 0.25) is 12.7 Å². The van der Waals surface area contributed by atoms with E-state index in [-0.39, 0.29) is 12.7 Å². The van der Waals surface area contributed by atoms with E-state index >= 15 is 0 Å². The first-order chi connectivity index (χ1) is 11.1. The van der Waals surface area contributed by atoms with Crippen molar-refractivity contribution < 1.29 is 23.8 Å². The molecule has 1 aromatic rings. The fourth-order valence-electron chi connectivity index (χ4n) is 2.04. The summed E-state index contributed by atoms with van der Waals surface area (Å²) in [6.07, 6.45) is 5.50. The minimum absolute atomic E-state index is 0.208. The molecule has 2 rings (SSSR count). The number of fused-ring (bicyclic) bond motifs is 1. The van der Waals surface area contributed by atoms with E-state index in [2.05, 4.69) is 5.32 Å². The summed E-state index contributed by atoms with van der Waals surface area (Å²) in [6, 6.07) is 4.76. The van der Waals surface area contributed by atoms with E-state index in [1.165, 1.54) is 13.2 Å². The van der Waals surface area contributed by atoms with Crippen molar-refractivity contribution >= 4 is 29.7 Å².